The van der Waals surface area contributed by atoms with Gasteiger partial charge in [0, 0.05) is 24.6 Å². The molecule has 1 aromatic heterocycles. The van der Waals surface area contributed by atoms with Crippen molar-refractivity contribution >= 4 is 11.6 Å². The van der Waals surface area contributed by atoms with E-state index in [4.69, 9.17) is 4.42 Å². The van der Waals surface area contributed by atoms with Crippen molar-refractivity contribution in [3.8, 4) is 11.1 Å². The van der Waals surface area contributed by atoms with E-state index in [1.165, 1.54) is 0 Å². The lowest BCUT2D eigenvalue weighted by molar-refractivity contribution is -0.121. The molecule has 0 radical (unpaired) electrons. The minimum atomic E-state index is 0.0940. The summed E-state index contributed by atoms with van der Waals surface area (Å²) in [6.45, 7) is 2.30. The fraction of sp³-hybridized carbons (Fsp3) is 0.318. The van der Waals surface area contributed by atoms with E-state index in [-0.39, 0.29) is 5.91 Å². The molecule has 6 nitrogen and oxygen atoms in total. The van der Waals surface area contributed by atoms with E-state index in [1.54, 1.807) is 0 Å². The van der Waals surface area contributed by atoms with Gasteiger partial charge in [0.15, 0.2) is 0 Å². The molecule has 5 rings (SSSR count). The molecule has 3 aromatic rings. The molecule has 0 atom stereocenters. The molecule has 0 bridgehead atoms. The Labute approximate surface area is 163 Å². The maximum Gasteiger partial charge on any atom is 0.241 e. The summed E-state index contributed by atoms with van der Waals surface area (Å²) >= 11 is 0. The van der Waals surface area contributed by atoms with Crippen LogP contribution in [0, 0.1) is 0 Å². The summed E-state index contributed by atoms with van der Waals surface area (Å²) in [4.78, 5) is 16.9. The molecule has 6 heteroatoms. The van der Waals surface area contributed by atoms with Crippen molar-refractivity contribution in [2.24, 2.45) is 0 Å². The van der Waals surface area contributed by atoms with Crippen LogP contribution in [0.2, 0.25) is 0 Å². The second-order valence-corrected chi connectivity index (χ2v) is 7.45. The zero-order valence-corrected chi connectivity index (χ0v) is 15.6. The average molecular weight is 374 g/mol. The van der Waals surface area contributed by atoms with Gasteiger partial charge in [-0.25, -0.2) is 0 Å². The SMILES string of the molecule is O=C1CN(Cc2nnc(C3CC3)o2)CCN1c1ccccc1-c1ccccc1. The predicted octanol–water partition coefficient (Wildman–Crippen LogP) is 3.46. The molecule has 1 amide bonds. The fourth-order valence-electron chi connectivity index (χ4n) is 3.70. The Hall–Kier alpha value is -2.99. The normalized spacial score (nSPS) is 17.9. The van der Waals surface area contributed by atoms with Gasteiger partial charge >= 0.3 is 0 Å². The molecule has 142 valence electrons. The van der Waals surface area contributed by atoms with Crippen LogP contribution >= 0.6 is 0 Å². The molecule has 2 aromatic carbocycles. The highest BCUT2D eigenvalue weighted by Gasteiger charge is 2.31. The fourth-order valence-corrected chi connectivity index (χ4v) is 3.70. The molecule has 2 aliphatic rings. The van der Waals surface area contributed by atoms with Crippen LogP contribution in [0.25, 0.3) is 11.1 Å². The smallest absolute Gasteiger partial charge is 0.241 e. The molecule has 1 saturated carbocycles. The monoisotopic (exact) mass is 374 g/mol. The Balaban J connectivity index is 1.30. The van der Waals surface area contributed by atoms with E-state index < -0.39 is 0 Å². The Morgan fingerprint density at radius 3 is 2.54 bits per heavy atom. The van der Waals surface area contributed by atoms with E-state index in [9.17, 15) is 4.79 Å². The Morgan fingerprint density at radius 1 is 0.964 bits per heavy atom. The zero-order valence-electron chi connectivity index (χ0n) is 15.6. The maximum absolute atomic E-state index is 12.9. The zero-order chi connectivity index (χ0) is 18.9. The number of nitrogens with zero attached hydrogens (tertiary/aromatic N) is 4. The largest absolute Gasteiger partial charge is 0.424 e. The van der Waals surface area contributed by atoms with Crippen molar-refractivity contribution in [3.05, 3.63) is 66.4 Å². The number of anilines is 1. The number of benzene rings is 2. The lowest BCUT2D eigenvalue weighted by Gasteiger charge is -2.34. The van der Waals surface area contributed by atoms with E-state index in [0.29, 0.717) is 31.4 Å². The van der Waals surface area contributed by atoms with Crippen molar-refractivity contribution in [1.29, 1.82) is 0 Å². The predicted molar refractivity (Wildman–Crippen MR) is 106 cm³/mol. The van der Waals surface area contributed by atoms with E-state index in [2.05, 4.69) is 33.3 Å². The van der Waals surface area contributed by atoms with E-state index in [0.717, 1.165) is 42.1 Å². The van der Waals surface area contributed by atoms with Gasteiger partial charge in [-0.05, 0) is 24.5 Å². The van der Waals surface area contributed by atoms with Gasteiger partial charge in [0.2, 0.25) is 17.7 Å². The van der Waals surface area contributed by atoms with Gasteiger partial charge in [0.05, 0.1) is 18.8 Å². The number of piperazine rings is 1. The Kier molecular flexibility index (Phi) is 4.41. The summed E-state index contributed by atoms with van der Waals surface area (Å²) < 4.78 is 5.75. The van der Waals surface area contributed by atoms with Crippen LogP contribution < -0.4 is 4.90 Å². The van der Waals surface area contributed by atoms with Crippen molar-refractivity contribution in [2.75, 3.05) is 24.5 Å². The first-order valence-corrected chi connectivity index (χ1v) is 9.77. The lowest BCUT2D eigenvalue weighted by Crippen LogP contribution is -2.50. The van der Waals surface area contributed by atoms with Crippen molar-refractivity contribution in [1.82, 2.24) is 15.1 Å². The van der Waals surface area contributed by atoms with Crippen molar-refractivity contribution < 1.29 is 9.21 Å². The summed E-state index contributed by atoms with van der Waals surface area (Å²) in [6, 6.07) is 18.3. The number of hydrogen-bond acceptors (Lipinski definition) is 5. The number of para-hydroxylation sites is 1. The molecule has 1 aliphatic carbocycles. The first-order chi connectivity index (χ1) is 13.8. The number of carbonyl (C=O) groups excluding carboxylic acids is 1. The minimum absolute atomic E-state index is 0.0940. The second kappa shape index (κ2) is 7.20. The molecule has 0 unspecified atom stereocenters. The highest BCUT2D eigenvalue weighted by molar-refractivity contribution is 5.99. The molecule has 1 aliphatic heterocycles. The molecule has 0 N–H and O–H groups in total. The number of hydrogen-bond donors (Lipinski definition) is 0. The lowest BCUT2D eigenvalue weighted by atomic mass is 10.0. The third-order valence-electron chi connectivity index (χ3n) is 5.35. The first kappa shape index (κ1) is 17.1. The van der Waals surface area contributed by atoms with Crippen LogP contribution in [0.15, 0.2) is 59.0 Å². The van der Waals surface area contributed by atoms with Gasteiger partial charge in [-0.1, -0.05) is 48.5 Å². The Bertz CT molecular complexity index is 981. The summed E-state index contributed by atoms with van der Waals surface area (Å²) in [5.74, 6) is 1.90. The number of aromatic nitrogens is 2. The molecule has 1 saturated heterocycles. The minimum Gasteiger partial charge on any atom is -0.424 e. The highest BCUT2D eigenvalue weighted by atomic mass is 16.4. The molecule has 2 heterocycles. The third-order valence-corrected chi connectivity index (χ3v) is 5.35. The molecule has 28 heavy (non-hydrogen) atoms. The molecule has 0 spiro atoms. The molecular formula is C22H22N4O2. The molecule has 2 fully saturated rings. The molecular weight excluding hydrogens is 352 g/mol. The number of amides is 1. The average Bonchev–Trinajstić information content (AvgIpc) is 3.48. The standard InChI is InChI=1S/C22H22N4O2/c27-21-15-25(14-20-23-24-22(28-20)17-10-11-17)12-13-26(21)19-9-5-4-8-18(19)16-6-2-1-3-7-16/h1-9,17H,10-15H2. The summed E-state index contributed by atoms with van der Waals surface area (Å²) in [6.07, 6.45) is 2.28. The summed E-state index contributed by atoms with van der Waals surface area (Å²) in [7, 11) is 0. The highest BCUT2D eigenvalue weighted by Crippen LogP contribution is 2.39. The number of carbonyl (C=O) groups is 1. The van der Waals surface area contributed by atoms with Crippen LogP contribution in [-0.4, -0.2) is 40.6 Å². The van der Waals surface area contributed by atoms with Gasteiger partial charge in [0.1, 0.15) is 0 Å². The number of rotatable bonds is 5. The Morgan fingerprint density at radius 2 is 1.75 bits per heavy atom. The van der Waals surface area contributed by atoms with Gasteiger partial charge in [-0.3, -0.25) is 9.69 Å². The first-order valence-electron chi connectivity index (χ1n) is 9.77. The quantitative estimate of drug-likeness (QED) is 0.684. The van der Waals surface area contributed by atoms with Crippen LogP contribution in [0.5, 0.6) is 0 Å². The van der Waals surface area contributed by atoms with Gasteiger partial charge in [0.25, 0.3) is 0 Å². The van der Waals surface area contributed by atoms with Crippen molar-refractivity contribution in [2.45, 2.75) is 25.3 Å². The van der Waals surface area contributed by atoms with E-state index in [1.807, 2.05) is 41.3 Å². The van der Waals surface area contributed by atoms with Crippen LogP contribution in [0.3, 0.4) is 0 Å². The van der Waals surface area contributed by atoms with Crippen LogP contribution in [-0.2, 0) is 11.3 Å². The maximum atomic E-state index is 12.9. The van der Waals surface area contributed by atoms with Gasteiger partial charge < -0.3 is 9.32 Å². The topological polar surface area (TPSA) is 62.5 Å². The van der Waals surface area contributed by atoms with Gasteiger partial charge in [-0.2, -0.15) is 0 Å². The van der Waals surface area contributed by atoms with Crippen LogP contribution in [0.4, 0.5) is 5.69 Å². The van der Waals surface area contributed by atoms with Crippen LogP contribution in [0.1, 0.15) is 30.5 Å². The van der Waals surface area contributed by atoms with E-state index >= 15 is 0 Å². The van der Waals surface area contributed by atoms with Gasteiger partial charge in [-0.15, -0.1) is 10.2 Å². The van der Waals surface area contributed by atoms with Crippen molar-refractivity contribution in [3.63, 3.8) is 0 Å². The summed E-state index contributed by atoms with van der Waals surface area (Å²) in [5.41, 5.74) is 3.16. The third kappa shape index (κ3) is 3.43. The summed E-state index contributed by atoms with van der Waals surface area (Å²) in [5, 5.41) is 8.28. The second-order valence-electron chi connectivity index (χ2n) is 7.45.